The molecule has 1 aliphatic heterocycles. The number of carbonyl (C=O) groups is 2. The Balaban J connectivity index is 2.04. The first-order valence-corrected chi connectivity index (χ1v) is 10.1. The van der Waals surface area contributed by atoms with Crippen molar-refractivity contribution in [1.82, 2.24) is 10.2 Å². The molecule has 0 radical (unpaired) electrons. The van der Waals surface area contributed by atoms with Crippen LogP contribution in [-0.4, -0.2) is 39.9 Å². The maximum absolute atomic E-state index is 12.6. The quantitative estimate of drug-likeness (QED) is 0.819. The van der Waals surface area contributed by atoms with Crippen LogP contribution in [0.1, 0.15) is 52.7 Å². The lowest BCUT2D eigenvalue weighted by atomic mass is 9.87. The summed E-state index contributed by atoms with van der Waals surface area (Å²) in [7, 11) is 0. The monoisotopic (exact) mass is 374 g/mol. The Kier molecular flexibility index (Phi) is 6.22. The van der Waals surface area contributed by atoms with Gasteiger partial charge in [0.05, 0.1) is 5.88 Å². The summed E-state index contributed by atoms with van der Waals surface area (Å²) in [4.78, 5) is 26.7. The molecule has 0 aliphatic carbocycles. The first-order chi connectivity index (χ1) is 12.0. The maximum Gasteiger partial charge on any atom is 0.247 e. The van der Waals surface area contributed by atoms with Gasteiger partial charge in [0.2, 0.25) is 11.8 Å². The summed E-state index contributed by atoms with van der Waals surface area (Å²) < 4.78 is 0. The fraction of sp³-hybridized carbons (Fsp3) is 0.524. The minimum absolute atomic E-state index is 0.0845. The average Bonchev–Trinajstić information content (AvgIpc) is 3.00. The molecule has 1 aromatic carbocycles. The number of nitrogens with one attached hydrogen (secondary N) is 1. The summed E-state index contributed by atoms with van der Waals surface area (Å²) in [6.45, 7) is 12.4. The zero-order valence-electron chi connectivity index (χ0n) is 16.6. The lowest BCUT2D eigenvalue weighted by Crippen LogP contribution is -2.52. The fourth-order valence-electron chi connectivity index (χ4n) is 2.69. The molecule has 26 heavy (non-hydrogen) atoms. The number of hydrogen-bond acceptors (Lipinski definition) is 3. The highest BCUT2D eigenvalue weighted by Gasteiger charge is 2.35. The normalized spacial score (nSPS) is 18.4. The number of thioether (sulfide) groups is 1. The van der Waals surface area contributed by atoms with E-state index in [0.717, 1.165) is 5.56 Å². The molecule has 0 saturated carbocycles. The van der Waals surface area contributed by atoms with Crippen molar-refractivity contribution in [2.24, 2.45) is 0 Å². The Morgan fingerprint density at radius 2 is 1.73 bits per heavy atom. The lowest BCUT2D eigenvalue weighted by Gasteiger charge is -2.27. The molecule has 1 N–H and O–H groups in total. The van der Waals surface area contributed by atoms with Gasteiger partial charge in [-0.15, -0.1) is 11.8 Å². The molecule has 1 aromatic rings. The van der Waals surface area contributed by atoms with E-state index in [1.807, 2.05) is 39.0 Å². The van der Waals surface area contributed by atoms with E-state index in [4.69, 9.17) is 0 Å². The van der Waals surface area contributed by atoms with Crippen molar-refractivity contribution in [3.8, 4) is 0 Å². The largest absolute Gasteiger partial charge is 0.350 e. The van der Waals surface area contributed by atoms with Crippen LogP contribution in [0.3, 0.4) is 0 Å². The Morgan fingerprint density at radius 1 is 1.12 bits per heavy atom. The van der Waals surface area contributed by atoms with Gasteiger partial charge in [-0.1, -0.05) is 45.0 Å². The minimum Gasteiger partial charge on any atom is -0.350 e. The van der Waals surface area contributed by atoms with Gasteiger partial charge < -0.3 is 10.2 Å². The molecule has 1 heterocycles. The summed E-state index contributed by atoms with van der Waals surface area (Å²) in [6, 6.07) is 7.82. The van der Waals surface area contributed by atoms with Gasteiger partial charge in [-0.25, -0.2) is 0 Å². The summed E-state index contributed by atoms with van der Waals surface area (Å²) in [6.07, 6.45) is 3.38. The van der Waals surface area contributed by atoms with Gasteiger partial charge in [0.25, 0.3) is 0 Å². The van der Waals surface area contributed by atoms with E-state index in [1.165, 1.54) is 5.56 Å². The number of amides is 2. The van der Waals surface area contributed by atoms with Crippen molar-refractivity contribution < 1.29 is 9.59 Å². The Hall–Kier alpha value is -1.75. The van der Waals surface area contributed by atoms with Crippen LogP contribution in [0, 0.1) is 0 Å². The molecule has 5 heteroatoms. The van der Waals surface area contributed by atoms with E-state index in [2.05, 4.69) is 38.2 Å². The third kappa shape index (κ3) is 5.63. The number of nitrogens with zero attached hydrogens (tertiary/aromatic N) is 1. The fourth-order valence-corrected chi connectivity index (χ4v) is 3.85. The summed E-state index contributed by atoms with van der Waals surface area (Å²) in [5.74, 6) is 0.985. The molecule has 0 spiro atoms. The highest BCUT2D eigenvalue weighted by molar-refractivity contribution is 7.99. The molecule has 1 atom stereocenters. The Bertz CT molecular complexity index is 681. The topological polar surface area (TPSA) is 49.4 Å². The van der Waals surface area contributed by atoms with E-state index >= 15 is 0 Å². The van der Waals surface area contributed by atoms with Crippen LogP contribution in [0.4, 0.5) is 0 Å². The van der Waals surface area contributed by atoms with E-state index in [9.17, 15) is 9.59 Å². The van der Waals surface area contributed by atoms with Crippen LogP contribution >= 0.6 is 11.8 Å². The van der Waals surface area contributed by atoms with Crippen LogP contribution in [-0.2, 0) is 15.0 Å². The molecule has 1 saturated heterocycles. The molecule has 0 unspecified atom stereocenters. The first-order valence-electron chi connectivity index (χ1n) is 8.96. The zero-order valence-corrected chi connectivity index (χ0v) is 17.4. The molecule has 0 bridgehead atoms. The van der Waals surface area contributed by atoms with Gasteiger partial charge in [0.1, 0.15) is 6.04 Å². The third-order valence-corrected chi connectivity index (χ3v) is 5.17. The highest BCUT2D eigenvalue weighted by atomic mass is 32.2. The summed E-state index contributed by atoms with van der Waals surface area (Å²) in [5.41, 5.74) is 2.05. The second kappa shape index (κ2) is 7.87. The maximum atomic E-state index is 12.6. The molecule has 0 aromatic heterocycles. The van der Waals surface area contributed by atoms with E-state index in [-0.39, 0.29) is 22.8 Å². The second-order valence-corrected chi connectivity index (χ2v) is 9.77. The highest BCUT2D eigenvalue weighted by Crippen LogP contribution is 2.24. The number of hydrogen-bond donors (Lipinski definition) is 1. The standard InChI is InChI=1S/C21H30N2O2S/c1-20(2,3)16-10-7-15(8-11-16)9-12-18(24)23-14-26-13-17(23)19(25)22-21(4,5)6/h7-12,17H,13-14H2,1-6H3,(H,22,25)/b12-9+/t17-/m1/s1. The number of benzene rings is 1. The van der Waals surface area contributed by atoms with E-state index < -0.39 is 6.04 Å². The third-order valence-electron chi connectivity index (χ3n) is 4.16. The van der Waals surface area contributed by atoms with E-state index in [0.29, 0.717) is 11.6 Å². The molecular formula is C21H30N2O2S. The van der Waals surface area contributed by atoms with Crippen molar-refractivity contribution >= 4 is 29.7 Å². The SMILES string of the molecule is CC(C)(C)NC(=O)[C@H]1CSCN1C(=O)/C=C/c1ccc(C(C)(C)C)cc1. The van der Waals surface area contributed by atoms with Crippen molar-refractivity contribution in [3.05, 3.63) is 41.5 Å². The average molecular weight is 375 g/mol. The van der Waals surface area contributed by atoms with Crippen LogP contribution < -0.4 is 5.32 Å². The summed E-state index contributed by atoms with van der Waals surface area (Å²) >= 11 is 1.61. The van der Waals surface area contributed by atoms with Gasteiger partial charge in [-0.3, -0.25) is 9.59 Å². The molecular weight excluding hydrogens is 344 g/mol. The smallest absolute Gasteiger partial charge is 0.247 e. The molecule has 142 valence electrons. The zero-order chi connectivity index (χ0) is 19.5. The van der Waals surface area contributed by atoms with Gasteiger partial charge in [0.15, 0.2) is 0 Å². The number of carbonyl (C=O) groups excluding carboxylic acids is 2. The minimum atomic E-state index is -0.403. The van der Waals surface area contributed by atoms with Crippen molar-refractivity contribution in [2.45, 2.75) is 58.5 Å². The molecule has 1 aliphatic rings. The van der Waals surface area contributed by atoms with Crippen LogP contribution in [0.2, 0.25) is 0 Å². The summed E-state index contributed by atoms with van der Waals surface area (Å²) in [5, 5.41) is 2.97. The van der Waals surface area contributed by atoms with Crippen molar-refractivity contribution in [2.75, 3.05) is 11.6 Å². The predicted octanol–water partition coefficient (Wildman–Crippen LogP) is 3.81. The van der Waals surface area contributed by atoms with Gasteiger partial charge in [0, 0.05) is 17.4 Å². The first kappa shape index (κ1) is 20.6. The van der Waals surface area contributed by atoms with Gasteiger partial charge >= 0.3 is 0 Å². The number of rotatable bonds is 3. The van der Waals surface area contributed by atoms with Crippen LogP contribution in [0.25, 0.3) is 6.08 Å². The lowest BCUT2D eigenvalue weighted by molar-refractivity contribution is -0.135. The van der Waals surface area contributed by atoms with E-state index in [1.54, 1.807) is 22.7 Å². The molecule has 2 amide bonds. The Labute approximate surface area is 161 Å². The van der Waals surface area contributed by atoms with Gasteiger partial charge in [-0.2, -0.15) is 0 Å². The second-order valence-electron chi connectivity index (χ2n) is 8.77. The predicted molar refractivity (Wildman–Crippen MR) is 110 cm³/mol. The van der Waals surface area contributed by atoms with Gasteiger partial charge in [-0.05, 0) is 43.4 Å². The van der Waals surface area contributed by atoms with Crippen molar-refractivity contribution in [1.29, 1.82) is 0 Å². The molecule has 2 rings (SSSR count). The van der Waals surface area contributed by atoms with Crippen molar-refractivity contribution in [3.63, 3.8) is 0 Å². The Morgan fingerprint density at radius 3 is 2.27 bits per heavy atom. The van der Waals surface area contributed by atoms with Crippen LogP contribution in [0.5, 0.6) is 0 Å². The molecule has 1 fully saturated rings. The molecule has 4 nitrogen and oxygen atoms in total. The van der Waals surface area contributed by atoms with Crippen LogP contribution in [0.15, 0.2) is 30.3 Å².